The average molecular weight is 496 g/mol. The molecule has 0 bridgehead atoms. The van der Waals surface area contributed by atoms with Gasteiger partial charge >= 0.3 is 12.1 Å². The van der Waals surface area contributed by atoms with Gasteiger partial charge in [-0.15, -0.1) is 0 Å². The van der Waals surface area contributed by atoms with Crippen molar-refractivity contribution in [3.8, 4) is 0 Å². The van der Waals surface area contributed by atoms with Gasteiger partial charge in [-0.3, -0.25) is 4.79 Å². The molecule has 4 rings (SSSR count). The zero-order chi connectivity index (χ0) is 26.2. The lowest BCUT2D eigenvalue weighted by atomic mass is 10.1. The van der Waals surface area contributed by atoms with Crippen LogP contribution in [-0.4, -0.2) is 21.6 Å². The number of hydrogen-bond donors (Lipinski definition) is 3. The molecule has 3 N–H and O–H groups in total. The van der Waals surface area contributed by atoms with Gasteiger partial charge in [0.2, 0.25) is 0 Å². The first kappa shape index (κ1) is 24.8. The summed E-state index contributed by atoms with van der Waals surface area (Å²) in [5, 5.41) is 15.7. The number of benzene rings is 3. The summed E-state index contributed by atoms with van der Waals surface area (Å²) in [6, 6.07) is 16.1. The van der Waals surface area contributed by atoms with Crippen molar-refractivity contribution < 1.29 is 27.9 Å². The van der Waals surface area contributed by atoms with Crippen molar-refractivity contribution in [3.63, 3.8) is 0 Å². The molecule has 1 heterocycles. The molecule has 0 aliphatic carbocycles. The Morgan fingerprint density at radius 3 is 2.33 bits per heavy atom. The summed E-state index contributed by atoms with van der Waals surface area (Å²) in [5.74, 6) is -1.48. The molecule has 0 saturated carbocycles. The first-order valence-corrected chi connectivity index (χ1v) is 11.1. The van der Waals surface area contributed by atoms with Crippen LogP contribution >= 0.6 is 0 Å². The third kappa shape index (κ3) is 4.91. The number of amides is 1. The van der Waals surface area contributed by atoms with E-state index >= 15 is 0 Å². The molecule has 1 atom stereocenters. The number of aromatic carboxylic acids is 1. The number of hydrogen-bond acceptors (Lipinski definition) is 3. The van der Waals surface area contributed by atoms with E-state index in [9.17, 15) is 22.8 Å². The molecule has 3 aromatic carbocycles. The van der Waals surface area contributed by atoms with Crippen molar-refractivity contribution in [2.24, 2.45) is 7.05 Å². The smallest absolute Gasteiger partial charge is 0.416 e. The first-order chi connectivity index (χ1) is 17.0. The number of carbonyl (C=O) groups is 2. The molecule has 36 heavy (non-hydrogen) atoms. The van der Waals surface area contributed by atoms with Gasteiger partial charge in [0.1, 0.15) is 5.69 Å². The molecule has 0 saturated heterocycles. The Labute approximate surface area is 205 Å². The highest BCUT2D eigenvalue weighted by molar-refractivity contribution is 6.10. The van der Waals surface area contributed by atoms with E-state index in [-0.39, 0.29) is 16.9 Å². The highest BCUT2D eigenvalue weighted by atomic mass is 19.4. The van der Waals surface area contributed by atoms with Crippen molar-refractivity contribution in [2.75, 3.05) is 5.32 Å². The quantitative estimate of drug-likeness (QED) is 0.288. The number of rotatable bonds is 6. The Morgan fingerprint density at radius 1 is 1.00 bits per heavy atom. The number of fused-ring (bicyclic) bond motifs is 1. The second-order valence-electron chi connectivity index (χ2n) is 8.63. The number of halogens is 3. The van der Waals surface area contributed by atoms with E-state index in [2.05, 4.69) is 10.6 Å². The summed E-state index contributed by atoms with van der Waals surface area (Å²) < 4.78 is 41.5. The molecule has 0 unspecified atom stereocenters. The number of carbonyl (C=O) groups excluding carboxylic acids is 1. The van der Waals surface area contributed by atoms with Crippen molar-refractivity contribution in [1.82, 2.24) is 9.88 Å². The van der Waals surface area contributed by atoms with Crippen molar-refractivity contribution in [2.45, 2.75) is 26.1 Å². The number of nitrogens with zero attached hydrogens (tertiary/aromatic N) is 1. The van der Waals surface area contributed by atoms with Crippen LogP contribution in [0.25, 0.3) is 10.9 Å². The van der Waals surface area contributed by atoms with Crippen LogP contribution in [-0.2, 0) is 13.2 Å². The predicted octanol–water partition coefficient (Wildman–Crippen LogP) is 6.44. The standard InChI is InChI=1S/C27H24F3N3O3/c1-15-7-12-22-21(13-15)23(32-20-6-4-5-19(14-20)27(28,29)30)24(33(22)3)25(34)31-16(2)17-8-10-18(11-9-17)26(35)36/h4-14,16,32H,1-3H3,(H,31,34)(H,35,36)/t16-/m0/s1. The van der Waals surface area contributed by atoms with Gasteiger partial charge in [-0.05, 0) is 61.9 Å². The maximum absolute atomic E-state index is 13.5. The van der Waals surface area contributed by atoms with Crippen molar-refractivity contribution >= 4 is 34.2 Å². The molecule has 1 aromatic heterocycles. The van der Waals surface area contributed by atoms with E-state index < -0.39 is 29.7 Å². The van der Waals surface area contributed by atoms with Crippen LogP contribution in [0.3, 0.4) is 0 Å². The van der Waals surface area contributed by atoms with Crippen LogP contribution in [0.2, 0.25) is 0 Å². The zero-order valence-electron chi connectivity index (χ0n) is 19.8. The fourth-order valence-electron chi connectivity index (χ4n) is 4.13. The highest BCUT2D eigenvalue weighted by Crippen LogP contribution is 2.36. The van der Waals surface area contributed by atoms with E-state index in [1.165, 1.54) is 24.3 Å². The number of carboxylic acid groups (broad SMARTS) is 1. The summed E-state index contributed by atoms with van der Waals surface area (Å²) in [4.78, 5) is 24.6. The van der Waals surface area contributed by atoms with Crippen LogP contribution in [0.1, 0.15) is 50.5 Å². The van der Waals surface area contributed by atoms with Gasteiger partial charge < -0.3 is 20.3 Å². The van der Waals surface area contributed by atoms with Gasteiger partial charge in [-0.2, -0.15) is 13.2 Å². The molecule has 0 spiro atoms. The molecule has 0 aliphatic rings. The largest absolute Gasteiger partial charge is 0.478 e. The van der Waals surface area contributed by atoms with Gasteiger partial charge in [0.15, 0.2) is 0 Å². The second kappa shape index (κ2) is 9.41. The molecule has 9 heteroatoms. The molecule has 0 aliphatic heterocycles. The molecule has 0 fully saturated rings. The normalized spacial score (nSPS) is 12.4. The lowest BCUT2D eigenvalue weighted by Crippen LogP contribution is -2.29. The third-order valence-corrected chi connectivity index (χ3v) is 6.03. The van der Waals surface area contributed by atoms with Crippen molar-refractivity contribution in [1.29, 1.82) is 0 Å². The Balaban J connectivity index is 1.73. The van der Waals surface area contributed by atoms with Gasteiger partial charge in [0.25, 0.3) is 5.91 Å². The monoisotopic (exact) mass is 495 g/mol. The Bertz CT molecular complexity index is 1460. The van der Waals surface area contributed by atoms with Crippen LogP contribution in [0.5, 0.6) is 0 Å². The number of aryl methyl sites for hydroxylation is 2. The SMILES string of the molecule is Cc1ccc2c(c1)c(Nc1cccc(C(F)(F)F)c1)c(C(=O)N[C@@H](C)c1ccc(C(=O)O)cc1)n2C. The van der Waals surface area contributed by atoms with E-state index in [0.29, 0.717) is 16.6 Å². The lowest BCUT2D eigenvalue weighted by molar-refractivity contribution is -0.137. The summed E-state index contributed by atoms with van der Waals surface area (Å²) in [7, 11) is 1.72. The molecule has 186 valence electrons. The maximum Gasteiger partial charge on any atom is 0.416 e. The van der Waals surface area contributed by atoms with Crippen LogP contribution in [0, 0.1) is 6.92 Å². The van der Waals surface area contributed by atoms with E-state index in [4.69, 9.17) is 5.11 Å². The topological polar surface area (TPSA) is 83.4 Å². The Kier molecular flexibility index (Phi) is 6.49. The zero-order valence-corrected chi connectivity index (χ0v) is 19.8. The van der Waals surface area contributed by atoms with Gasteiger partial charge in [-0.1, -0.05) is 29.8 Å². The molecule has 6 nitrogen and oxygen atoms in total. The fourth-order valence-corrected chi connectivity index (χ4v) is 4.13. The maximum atomic E-state index is 13.5. The number of alkyl halides is 3. The molecule has 1 amide bonds. The minimum atomic E-state index is -4.50. The average Bonchev–Trinajstić information content (AvgIpc) is 3.09. The lowest BCUT2D eigenvalue weighted by Gasteiger charge is -2.17. The highest BCUT2D eigenvalue weighted by Gasteiger charge is 2.31. The van der Waals surface area contributed by atoms with Crippen molar-refractivity contribution in [3.05, 3.63) is 94.7 Å². The molecule has 0 radical (unpaired) electrons. The Morgan fingerprint density at radius 2 is 1.69 bits per heavy atom. The van der Waals surface area contributed by atoms with Crippen LogP contribution in [0.4, 0.5) is 24.5 Å². The first-order valence-electron chi connectivity index (χ1n) is 11.1. The summed E-state index contributed by atoms with van der Waals surface area (Å²) in [6.07, 6.45) is -4.50. The van der Waals surface area contributed by atoms with Crippen LogP contribution in [0.15, 0.2) is 66.7 Å². The van der Waals surface area contributed by atoms with Gasteiger partial charge in [0.05, 0.1) is 28.4 Å². The fraction of sp³-hybridized carbons (Fsp3) is 0.185. The van der Waals surface area contributed by atoms with E-state index in [1.54, 1.807) is 30.7 Å². The van der Waals surface area contributed by atoms with E-state index in [1.807, 2.05) is 25.1 Å². The minimum Gasteiger partial charge on any atom is -0.478 e. The second-order valence-corrected chi connectivity index (χ2v) is 8.63. The van der Waals surface area contributed by atoms with Gasteiger partial charge in [0, 0.05) is 18.1 Å². The van der Waals surface area contributed by atoms with E-state index in [0.717, 1.165) is 23.2 Å². The number of anilines is 2. The number of nitrogens with one attached hydrogen (secondary N) is 2. The van der Waals surface area contributed by atoms with Crippen LogP contribution < -0.4 is 10.6 Å². The summed E-state index contributed by atoms with van der Waals surface area (Å²) >= 11 is 0. The molecular weight excluding hydrogens is 471 g/mol. The van der Waals surface area contributed by atoms with Gasteiger partial charge in [-0.25, -0.2) is 4.79 Å². The molecular formula is C27H24F3N3O3. The number of aromatic nitrogens is 1. The number of carboxylic acids is 1. The minimum absolute atomic E-state index is 0.133. The molecule has 4 aromatic rings. The predicted molar refractivity (Wildman–Crippen MR) is 132 cm³/mol. The summed E-state index contributed by atoms with van der Waals surface area (Å²) in [6.45, 7) is 3.66. The summed E-state index contributed by atoms with van der Waals surface area (Å²) in [5.41, 5.74) is 2.55. The Hall–Kier alpha value is -4.27. The third-order valence-electron chi connectivity index (χ3n) is 6.03.